The first-order valence-electron chi connectivity index (χ1n) is 6.78. The van der Waals surface area contributed by atoms with Gasteiger partial charge in [0.2, 0.25) is 5.91 Å². The topological polar surface area (TPSA) is 88.2 Å². The van der Waals surface area contributed by atoms with E-state index in [4.69, 9.17) is 4.74 Å². The van der Waals surface area contributed by atoms with Crippen molar-refractivity contribution >= 4 is 17.5 Å². The summed E-state index contributed by atoms with van der Waals surface area (Å²) in [5, 5.41) is 8.77. The molecule has 7 heteroatoms. The lowest BCUT2D eigenvalue weighted by Gasteiger charge is -2.15. The van der Waals surface area contributed by atoms with E-state index in [1.807, 2.05) is 13.8 Å². The Hall–Kier alpha value is -1.89. The van der Waals surface area contributed by atoms with Gasteiger partial charge in [-0.3, -0.25) is 4.79 Å². The van der Waals surface area contributed by atoms with Gasteiger partial charge in [0.05, 0.1) is 0 Å². The zero-order valence-electron chi connectivity index (χ0n) is 12.5. The van der Waals surface area contributed by atoms with Crippen molar-refractivity contribution in [1.82, 2.24) is 15.3 Å². The Kier molecular flexibility index (Phi) is 6.72. The van der Waals surface area contributed by atoms with Gasteiger partial charge in [0, 0.05) is 26.3 Å². The molecule has 1 atom stereocenters. The first-order valence-corrected chi connectivity index (χ1v) is 6.78. The number of aromatic nitrogens is 2. The average Bonchev–Trinajstić information content (AvgIpc) is 2.44. The summed E-state index contributed by atoms with van der Waals surface area (Å²) < 4.78 is 5.32. The molecule has 0 aliphatic heterocycles. The monoisotopic (exact) mass is 281 g/mol. The summed E-state index contributed by atoms with van der Waals surface area (Å²) in [4.78, 5) is 20.2. The Morgan fingerprint density at radius 2 is 2.05 bits per heavy atom. The molecule has 20 heavy (non-hydrogen) atoms. The average molecular weight is 281 g/mol. The lowest BCUT2D eigenvalue weighted by atomic mass is 10.3. The molecule has 112 valence electrons. The zero-order valence-corrected chi connectivity index (χ0v) is 12.5. The third kappa shape index (κ3) is 5.00. The molecule has 7 nitrogen and oxygen atoms in total. The number of hydrogen-bond acceptors (Lipinski definition) is 6. The lowest BCUT2D eigenvalue weighted by molar-refractivity contribution is -0.121. The van der Waals surface area contributed by atoms with Crippen molar-refractivity contribution in [3.05, 3.63) is 11.9 Å². The SMILES string of the molecule is CCNc1cc(NC(C)C(=O)NC)nc(COCC)n1. The van der Waals surface area contributed by atoms with Crippen LogP contribution in [-0.4, -0.2) is 42.1 Å². The second-order valence-electron chi connectivity index (χ2n) is 4.20. The van der Waals surface area contributed by atoms with Crippen LogP contribution in [-0.2, 0) is 16.1 Å². The highest BCUT2D eigenvalue weighted by Gasteiger charge is 2.12. The molecular weight excluding hydrogens is 258 g/mol. The fourth-order valence-electron chi connectivity index (χ4n) is 1.60. The molecule has 1 aromatic heterocycles. The minimum Gasteiger partial charge on any atom is -0.374 e. The van der Waals surface area contributed by atoms with Gasteiger partial charge in [-0.1, -0.05) is 0 Å². The Labute approximate surface area is 119 Å². The maximum absolute atomic E-state index is 11.5. The van der Waals surface area contributed by atoms with Crippen molar-refractivity contribution in [2.75, 3.05) is 30.8 Å². The largest absolute Gasteiger partial charge is 0.374 e. The van der Waals surface area contributed by atoms with Crippen molar-refractivity contribution in [1.29, 1.82) is 0 Å². The van der Waals surface area contributed by atoms with Crippen LogP contribution in [0.1, 0.15) is 26.6 Å². The maximum Gasteiger partial charge on any atom is 0.241 e. The minimum absolute atomic E-state index is 0.0972. The van der Waals surface area contributed by atoms with E-state index in [1.165, 1.54) is 0 Å². The van der Waals surface area contributed by atoms with E-state index in [2.05, 4.69) is 25.9 Å². The highest BCUT2D eigenvalue weighted by molar-refractivity contribution is 5.83. The van der Waals surface area contributed by atoms with Gasteiger partial charge in [-0.15, -0.1) is 0 Å². The van der Waals surface area contributed by atoms with E-state index in [0.717, 1.165) is 6.54 Å². The summed E-state index contributed by atoms with van der Waals surface area (Å²) in [6.45, 7) is 7.39. The lowest BCUT2D eigenvalue weighted by Crippen LogP contribution is -2.35. The van der Waals surface area contributed by atoms with Gasteiger partial charge in [0.1, 0.15) is 24.3 Å². The molecule has 0 radical (unpaired) electrons. The molecule has 0 saturated carbocycles. The zero-order chi connectivity index (χ0) is 15.0. The fraction of sp³-hybridized carbons (Fsp3) is 0.615. The van der Waals surface area contributed by atoms with Crippen molar-refractivity contribution in [2.45, 2.75) is 33.4 Å². The third-order valence-electron chi connectivity index (χ3n) is 2.57. The quantitative estimate of drug-likeness (QED) is 0.658. The summed E-state index contributed by atoms with van der Waals surface area (Å²) >= 11 is 0. The normalized spacial score (nSPS) is 11.8. The standard InChI is InChI=1S/C13H23N5O2/c1-5-15-10-7-11(16-9(3)13(19)14-4)18-12(17-10)8-20-6-2/h7,9H,5-6,8H2,1-4H3,(H,14,19)(H2,15,16,17,18). The molecule has 1 unspecified atom stereocenters. The molecule has 1 rings (SSSR count). The van der Waals surface area contributed by atoms with Crippen LogP contribution < -0.4 is 16.0 Å². The number of nitrogens with zero attached hydrogens (tertiary/aromatic N) is 2. The maximum atomic E-state index is 11.5. The Bertz CT molecular complexity index is 439. The van der Waals surface area contributed by atoms with E-state index < -0.39 is 0 Å². The summed E-state index contributed by atoms with van der Waals surface area (Å²) in [7, 11) is 1.60. The van der Waals surface area contributed by atoms with Crippen LogP contribution in [0.4, 0.5) is 11.6 Å². The van der Waals surface area contributed by atoms with Crippen LogP contribution in [0.25, 0.3) is 0 Å². The molecule has 3 N–H and O–H groups in total. The molecule has 0 aliphatic carbocycles. The van der Waals surface area contributed by atoms with Gasteiger partial charge >= 0.3 is 0 Å². The van der Waals surface area contributed by atoms with E-state index in [-0.39, 0.29) is 11.9 Å². The predicted molar refractivity (Wildman–Crippen MR) is 78.7 cm³/mol. The van der Waals surface area contributed by atoms with Crippen LogP contribution in [0.5, 0.6) is 0 Å². The Morgan fingerprint density at radius 1 is 1.35 bits per heavy atom. The predicted octanol–water partition coefficient (Wildman–Crippen LogP) is 0.991. The summed E-state index contributed by atoms with van der Waals surface area (Å²) in [5.74, 6) is 1.79. The molecule has 0 aliphatic rings. The highest BCUT2D eigenvalue weighted by atomic mass is 16.5. The summed E-state index contributed by atoms with van der Waals surface area (Å²) in [5.41, 5.74) is 0. The molecule has 0 fully saturated rings. The number of carbonyl (C=O) groups excluding carboxylic acids is 1. The van der Waals surface area contributed by atoms with Crippen LogP contribution >= 0.6 is 0 Å². The van der Waals surface area contributed by atoms with E-state index in [9.17, 15) is 4.79 Å². The third-order valence-corrected chi connectivity index (χ3v) is 2.57. The smallest absolute Gasteiger partial charge is 0.241 e. The van der Waals surface area contributed by atoms with Crippen molar-refractivity contribution in [3.8, 4) is 0 Å². The van der Waals surface area contributed by atoms with Gasteiger partial charge in [-0.05, 0) is 20.8 Å². The molecular formula is C13H23N5O2. The number of hydrogen-bond donors (Lipinski definition) is 3. The number of rotatable bonds is 8. The van der Waals surface area contributed by atoms with E-state index in [1.54, 1.807) is 20.0 Å². The van der Waals surface area contributed by atoms with E-state index >= 15 is 0 Å². The van der Waals surface area contributed by atoms with Gasteiger partial charge in [-0.2, -0.15) is 0 Å². The van der Waals surface area contributed by atoms with Crippen molar-refractivity contribution in [3.63, 3.8) is 0 Å². The van der Waals surface area contributed by atoms with Gasteiger partial charge < -0.3 is 20.7 Å². The first-order chi connectivity index (χ1) is 9.60. The first kappa shape index (κ1) is 16.2. The molecule has 1 heterocycles. The van der Waals surface area contributed by atoms with Gasteiger partial charge in [0.25, 0.3) is 0 Å². The van der Waals surface area contributed by atoms with Gasteiger partial charge in [-0.25, -0.2) is 9.97 Å². The second kappa shape index (κ2) is 8.31. The van der Waals surface area contributed by atoms with Crippen molar-refractivity contribution < 1.29 is 9.53 Å². The van der Waals surface area contributed by atoms with Crippen LogP contribution in [0.2, 0.25) is 0 Å². The second-order valence-corrected chi connectivity index (χ2v) is 4.20. The van der Waals surface area contributed by atoms with Crippen molar-refractivity contribution in [2.24, 2.45) is 0 Å². The molecule has 0 spiro atoms. The van der Waals surface area contributed by atoms with Crippen LogP contribution in [0.3, 0.4) is 0 Å². The van der Waals surface area contributed by atoms with Gasteiger partial charge in [0.15, 0.2) is 5.82 Å². The number of anilines is 2. The molecule has 1 aromatic rings. The molecule has 0 bridgehead atoms. The Balaban J connectivity index is 2.87. The Morgan fingerprint density at radius 3 is 2.65 bits per heavy atom. The summed E-state index contributed by atoms with van der Waals surface area (Å²) in [6.07, 6.45) is 0. The minimum atomic E-state index is -0.371. The molecule has 0 aromatic carbocycles. The van der Waals surface area contributed by atoms with E-state index in [0.29, 0.717) is 30.7 Å². The summed E-state index contributed by atoms with van der Waals surface area (Å²) in [6, 6.07) is 1.41. The molecule has 1 amide bonds. The number of likely N-dealkylation sites (N-methyl/N-ethyl adjacent to an activating group) is 1. The fourth-order valence-corrected chi connectivity index (χ4v) is 1.60. The number of nitrogens with one attached hydrogen (secondary N) is 3. The van der Waals surface area contributed by atoms with Crippen LogP contribution in [0, 0.1) is 0 Å². The van der Waals surface area contributed by atoms with Crippen LogP contribution in [0.15, 0.2) is 6.07 Å². The highest BCUT2D eigenvalue weighted by Crippen LogP contribution is 2.13. The number of ether oxygens (including phenoxy) is 1. The number of carbonyl (C=O) groups is 1. The number of amides is 1. The molecule has 0 saturated heterocycles.